The summed E-state index contributed by atoms with van der Waals surface area (Å²) in [5.74, 6) is -3.73. The minimum absolute atomic E-state index is 0.0409. The lowest BCUT2D eigenvalue weighted by Gasteiger charge is -2.38. The number of aliphatic carboxylic acids is 2. The minimum atomic E-state index is -2.15. The van der Waals surface area contributed by atoms with Crippen LogP contribution >= 0.6 is 0 Å². The molecule has 9 heteroatoms. The fourth-order valence-corrected chi connectivity index (χ4v) is 4.00. The first kappa shape index (κ1) is 22.9. The third kappa shape index (κ3) is 4.80. The molecule has 1 heterocycles. The molecule has 1 aromatic rings. The summed E-state index contributed by atoms with van der Waals surface area (Å²) < 4.78 is 14.2. The Morgan fingerprint density at radius 3 is 2.38 bits per heavy atom. The number of benzene rings is 1. The number of rotatable bonds is 11. The number of halogens is 1. The second kappa shape index (κ2) is 9.91. The summed E-state index contributed by atoms with van der Waals surface area (Å²) in [6.07, 6.45) is -1.28. The van der Waals surface area contributed by atoms with Crippen LogP contribution in [0.4, 0.5) is 4.39 Å². The van der Waals surface area contributed by atoms with Crippen molar-refractivity contribution in [1.29, 1.82) is 0 Å². The molecule has 0 amide bonds. The third-order valence-electron chi connectivity index (χ3n) is 5.53. The van der Waals surface area contributed by atoms with Gasteiger partial charge in [-0.15, -0.1) is 0 Å². The highest BCUT2D eigenvalue weighted by Crippen LogP contribution is 2.35. The molecule has 8 nitrogen and oxygen atoms in total. The van der Waals surface area contributed by atoms with Gasteiger partial charge >= 0.3 is 11.9 Å². The van der Waals surface area contributed by atoms with E-state index in [2.05, 4.69) is 0 Å². The van der Waals surface area contributed by atoms with Gasteiger partial charge in [-0.3, -0.25) is 14.5 Å². The smallest absolute Gasteiger partial charge is 0.332 e. The average Bonchev–Trinajstić information content (AvgIpc) is 3.13. The summed E-state index contributed by atoms with van der Waals surface area (Å²) in [5, 5.41) is 19.7. The van der Waals surface area contributed by atoms with Crippen LogP contribution in [0.2, 0.25) is 0 Å². The molecule has 0 radical (unpaired) electrons. The van der Waals surface area contributed by atoms with Crippen LogP contribution in [0.15, 0.2) is 30.3 Å². The van der Waals surface area contributed by atoms with Gasteiger partial charge in [0, 0.05) is 6.54 Å². The van der Waals surface area contributed by atoms with E-state index in [1.807, 2.05) is 30.3 Å². The van der Waals surface area contributed by atoms with E-state index in [1.54, 1.807) is 0 Å². The van der Waals surface area contributed by atoms with Crippen LogP contribution in [0.1, 0.15) is 31.2 Å². The number of carbonyl (C=O) groups excluding carboxylic acids is 1. The topological polar surface area (TPSA) is 147 Å². The van der Waals surface area contributed by atoms with Crippen LogP contribution in [-0.2, 0) is 20.8 Å². The Balaban J connectivity index is 2.32. The van der Waals surface area contributed by atoms with Crippen LogP contribution in [0.5, 0.6) is 0 Å². The van der Waals surface area contributed by atoms with E-state index in [1.165, 1.54) is 4.90 Å². The zero-order valence-corrected chi connectivity index (χ0v) is 16.2. The van der Waals surface area contributed by atoms with E-state index in [-0.39, 0.29) is 32.4 Å². The molecule has 160 valence electrons. The molecule has 0 bridgehead atoms. The summed E-state index contributed by atoms with van der Waals surface area (Å²) in [5.41, 5.74) is 9.79. The van der Waals surface area contributed by atoms with Gasteiger partial charge in [0.05, 0.1) is 6.04 Å². The van der Waals surface area contributed by atoms with Gasteiger partial charge in [0.2, 0.25) is 0 Å². The molecule has 1 aliphatic heterocycles. The molecule has 29 heavy (non-hydrogen) atoms. The molecule has 0 spiro atoms. The number of nitrogens with zero attached hydrogens (tertiary/aromatic N) is 1. The van der Waals surface area contributed by atoms with Crippen molar-refractivity contribution in [3.63, 3.8) is 0 Å². The Morgan fingerprint density at radius 2 is 1.83 bits per heavy atom. The molecular weight excluding hydrogens is 381 g/mol. The summed E-state index contributed by atoms with van der Waals surface area (Å²) in [7, 11) is 0. The first-order valence-corrected chi connectivity index (χ1v) is 9.66. The lowest BCUT2D eigenvalue weighted by atomic mass is 9.83. The molecule has 2 unspecified atom stereocenters. The summed E-state index contributed by atoms with van der Waals surface area (Å²) >= 11 is 0. The van der Waals surface area contributed by atoms with E-state index in [0.29, 0.717) is 12.8 Å². The van der Waals surface area contributed by atoms with Crippen molar-refractivity contribution in [3.05, 3.63) is 35.9 Å². The number of ketones is 1. The number of carboxylic acids is 2. The van der Waals surface area contributed by atoms with Gasteiger partial charge in [-0.1, -0.05) is 30.3 Å². The van der Waals surface area contributed by atoms with Gasteiger partial charge in [0.15, 0.2) is 11.3 Å². The van der Waals surface area contributed by atoms with Crippen molar-refractivity contribution in [3.8, 4) is 0 Å². The van der Waals surface area contributed by atoms with Gasteiger partial charge < -0.3 is 21.7 Å². The van der Waals surface area contributed by atoms with E-state index >= 15 is 0 Å². The molecule has 6 N–H and O–H groups in total. The second-order valence-electron chi connectivity index (χ2n) is 7.32. The van der Waals surface area contributed by atoms with Crippen molar-refractivity contribution in [2.24, 2.45) is 11.5 Å². The Hall–Kier alpha value is -2.36. The van der Waals surface area contributed by atoms with E-state index in [4.69, 9.17) is 11.5 Å². The normalized spacial score (nSPS) is 22.7. The number of alkyl halides is 1. The Labute approximate surface area is 168 Å². The number of carbonyl (C=O) groups is 3. The monoisotopic (exact) mass is 409 g/mol. The van der Waals surface area contributed by atoms with Crippen LogP contribution in [0.3, 0.4) is 0 Å². The van der Waals surface area contributed by atoms with Crippen molar-refractivity contribution in [2.45, 2.75) is 55.9 Å². The first-order chi connectivity index (χ1) is 13.8. The lowest BCUT2D eigenvalue weighted by molar-refractivity contribution is -0.162. The maximum atomic E-state index is 14.2. The number of likely N-dealkylation sites (tertiary alicyclic amines) is 1. The number of Topliss-reactive ketones (excluding diaryl/α,β-unsaturated/α-hetero) is 1. The van der Waals surface area contributed by atoms with Gasteiger partial charge in [-0.25, -0.2) is 9.18 Å². The molecule has 1 aliphatic rings. The number of hydrogen-bond donors (Lipinski definition) is 4. The second-order valence-corrected chi connectivity index (χ2v) is 7.32. The fourth-order valence-electron chi connectivity index (χ4n) is 4.00. The number of aryl methyl sites for hydroxylation is 1. The molecule has 0 aromatic heterocycles. The van der Waals surface area contributed by atoms with Crippen LogP contribution in [0.25, 0.3) is 0 Å². The van der Waals surface area contributed by atoms with Crippen LogP contribution in [-0.4, -0.2) is 69.7 Å². The highest BCUT2D eigenvalue weighted by molar-refractivity contribution is 6.11. The van der Waals surface area contributed by atoms with E-state index in [9.17, 15) is 29.0 Å². The van der Waals surface area contributed by atoms with Crippen LogP contribution in [0, 0.1) is 0 Å². The molecular formula is C20H28FN3O5. The third-order valence-corrected chi connectivity index (χ3v) is 5.53. The molecule has 0 aliphatic carbocycles. The number of hydrogen-bond acceptors (Lipinski definition) is 6. The summed E-state index contributed by atoms with van der Waals surface area (Å²) in [6.45, 7) is 0.0606. The Morgan fingerprint density at radius 1 is 1.17 bits per heavy atom. The van der Waals surface area contributed by atoms with Crippen molar-refractivity contribution in [2.75, 3.05) is 13.1 Å². The fraction of sp³-hybridized carbons (Fsp3) is 0.550. The summed E-state index contributed by atoms with van der Waals surface area (Å²) in [6, 6.07) is 6.27. The molecule has 1 aromatic carbocycles. The zero-order chi connectivity index (χ0) is 21.6. The van der Waals surface area contributed by atoms with Crippen LogP contribution < -0.4 is 11.5 Å². The van der Waals surface area contributed by atoms with Crippen molar-refractivity contribution < 1.29 is 29.0 Å². The quantitative estimate of drug-likeness (QED) is 0.388. The van der Waals surface area contributed by atoms with Crippen molar-refractivity contribution in [1.82, 2.24) is 4.90 Å². The molecule has 1 saturated heterocycles. The minimum Gasteiger partial charge on any atom is -0.480 e. The maximum Gasteiger partial charge on any atom is 0.332 e. The molecule has 1 fully saturated rings. The molecule has 2 rings (SSSR count). The van der Waals surface area contributed by atoms with Gasteiger partial charge in [-0.05, 0) is 44.2 Å². The number of carboxylic acid groups (broad SMARTS) is 2. The van der Waals surface area contributed by atoms with Crippen molar-refractivity contribution >= 4 is 17.7 Å². The highest BCUT2D eigenvalue weighted by Gasteiger charge is 2.58. The van der Waals surface area contributed by atoms with Gasteiger partial charge in [0.1, 0.15) is 12.2 Å². The van der Waals surface area contributed by atoms with Gasteiger partial charge in [-0.2, -0.15) is 0 Å². The SMILES string of the molecule is NCCC(F)[C@H](N)C(=O)[C@@]1(C(=O)O)CCCN1C(CCc1ccccc1)C(=O)O. The Kier molecular flexibility index (Phi) is 7.83. The van der Waals surface area contributed by atoms with Gasteiger partial charge in [0.25, 0.3) is 0 Å². The first-order valence-electron chi connectivity index (χ1n) is 9.66. The largest absolute Gasteiger partial charge is 0.480 e. The standard InChI is InChI=1S/C20H28FN3O5/c21-14(9-11-22)16(23)17(25)20(19(28)29)10-4-12-24(20)15(18(26)27)8-7-13-5-2-1-3-6-13/h1-3,5-6,14-16H,4,7-12,22-23H2,(H,26,27)(H,28,29)/t14?,15?,16-,20+/m0/s1. The predicted molar refractivity (Wildman–Crippen MR) is 104 cm³/mol. The zero-order valence-electron chi connectivity index (χ0n) is 16.2. The molecule has 0 saturated carbocycles. The Bertz CT molecular complexity index is 732. The highest BCUT2D eigenvalue weighted by atomic mass is 19.1. The number of nitrogens with two attached hydrogens (primary N) is 2. The lowest BCUT2D eigenvalue weighted by Crippen LogP contribution is -2.66. The summed E-state index contributed by atoms with van der Waals surface area (Å²) in [4.78, 5) is 38.4. The average molecular weight is 409 g/mol. The maximum absolute atomic E-state index is 14.2. The van der Waals surface area contributed by atoms with E-state index in [0.717, 1.165) is 5.56 Å². The van der Waals surface area contributed by atoms with E-state index < -0.39 is 41.5 Å². The predicted octanol–water partition coefficient (Wildman–Crippen LogP) is 0.575. The molecule has 4 atom stereocenters.